The molecular weight excluding hydrogens is 433 g/mol. The summed E-state index contributed by atoms with van der Waals surface area (Å²) >= 11 is 0. The third kappa shape index (κ3) is 6.95. The number of hydrazine groups is 1. The molecule has 1 heterocycles. The highest BCUT2D eigenvalue weighted by atomic mass is 19.4. The van der Waals surface area contributed by atoms with Gasteiger partial charge < -0.3 is 9.80 Å². The first-order valence-electron chi connectivity index (χ1n) is 10.4. The molecule has 2 amide bonds. The molecule has 180 valence electrons. The number of hydrogen-bond donors (Lipinski definition) is 2. The number of nitrogens with zero attached hydrogens (tertiary/aromatic N) is 2. The van der Waals surface area contributed by atoms with Gasteiger partial charge in [-0.2, -0.15) is 13.2 Å². The molecule has 1 fully saturated rings. The standard InChI is InChI=1S/C23H27F3N4O2.CH4/c1-16(31)29-10-12-30(13-11-29)20-9-8-19(21(15-20)23(24,25)26)7-6-17-2-4-18(5-3-17)14-22(32)28-27;/h2-5,8-9,15H,6-7,10-14,27H2,1H3,(H,28,32);1H4. The minimum Gasteiger partial charge on any atom is -0.368 e. The number of hydrogen-bond acceptors (Lipinski definition) is 4. The second-order valence-corrected chi connectivity index (χ2v) is 7.89. The zero-order chi connectivity index (χ0) is 23.3. The number of piperazine rings is 1. The Hall–Kier alpha value is -3.07. The SMILES string of the molecule is C.CC(=O)N1CCN(c2ccc(CCc3ccc(CC(=O)NN)cc3)c(C(F)(F)F)c2)CC1. The summed E-state index contributed by atoms with van der Waals surface area (Å²) in [5.74, 6) is 4.75. The molecule has 1 saturated heterocycles. The van der Waals surface area contributed by atoms with Gasteiger partial charge in [-0.15, -0.1) is 0 Å². The van der Waals surface area contributed by atoms with Gasteiger partial charge in [-0.3, -0.25) is 15.0 Å². The molecule has 0 aromatic heterocycles. The van der Waals surface area contributed by atoms with Crippen LogP contribution in [0.3, 0.4) is 0 Å². The number of carbonyl (C=O) groups excluding carboxylic acids is 2. The molecule has 33 heavy (non-hydrogen) atoms. The maximum atomic E-state index is 13.8. The van der Waals surface area contributed by atoms with E-state index < -0.39 is 11.7 Å². The van der Waals surface area contributed by atoms with Crippen molar-refractivity contribution in [2.75, 3.05) is 31.1 Å². The lowest BCUT2D eigenvalue weighted by atomic mass is 9.97. The van der Waals surface area contributed by atoms with Gasteiger partial charge in [0.25, 0.3) is 0 Å². The summed E-state index contributed by atoms with van der Waals surface area (Å²) < 4.78 is 41.3. The Bertz CT molecular complexity index is 953. The second-order valence-electron chi connectivity index (χ2n) is 7.89. The van der Waals surface area contributed by atoms with Gasteiger partial charge in [0.05, 0.1) is 12.0 Å². The summed E-state index contributed by atoms with van der Waals surface area (Å²) in [4.78, 5) is 26.4. The van der Waals surface area contributed by atoms with E-state index in [-0.39, 0.29) is 37.6 Å². The number of nitrogens with one attached hydrogen (secondary N) is 1. The van der Waals surface area contributed by atoms with Gasteiger partial charge in [-0.1, -0.05) is 37.8 Å². The molecule has 9 heteroatoms. The van der Waals surface area contributed by atoms with Gasteiger partial charge >= 0.3 is 6.18 Å². The minimum absolute atomic E-state index is 0. The van der Waals surface area contributed by atoms with Gasteiger partial charge in [0.15, 0.2) is 0 Å². The topological polar surface area (TPSA) is 78.7 Å². The highest BCUT2D eigenvalue weighted by Crippen LogP contribution is 2.35. The molecule has 1 aliphatic heterocycles. The highest BCUT2D eigenvalue weighted by Gasteiger charge is 2.34. The molecular formula is C24H31F3N4O2. The molecule has 3 rings (SSSR count). The molecule has 0 aliphatic carbocycles. The van der Waals surface area contributed by atoms with Crippen LogP contribution in [-0.4, -0.2) is 42.9 Å². The van der Waals surface area contributed by atoms with Crippen molar-refractivity contribution in [2.45, 2.75) is 39.8 Å². The summed E-state index contributed by atoms with van der Waals surface area (Å²) in [7, 11) is 0. The van der Waals surface area contributed by atoms with Crippen LogP contribution < -0.4 is 16.2 Å². The van der Waals surface area contributed by atoms with E-state index in [0.29, 0.717) is 38.3 Å². The fourth-order valence-electron chi connectivity index (χ4n) is 3.86. The predicted octanol–water partition coefficient (Wildman–Crippen LogP) is 3.33. The molecule has 0 bridgehead atoms. The Morgan fingerprint density at radius 3 is 2.12 bits per heavy atom. The number of aryl methyl sites for hydroxylation is 2. The Kier molecular flexibility index (Phi) is 8.87. The number of rotatable bonds is 6. The van der Waals surface area contributed by atoms with Crippen molar-refractivity contribution in [3.05, 3.63) is 64.7 Å². The zero-order valence-electron chi connectivity index (χ0n) is 17.9. The molecule has 2 aromatic rings. The first kappa shape index (κ1) is 26.2. The van der Waals surface area contributed by atoms with Crippen LogP contribution in [0.25, 0.3) is 0 Å². The normalized spacial score (nSPS) is 14.0. The van der Waals surface area contributed by atoms with Crippen LogP contribution in [0.2, 0.25) is 0 Å². The van der Waals surface area contributed by atoms with Crippen molar-refractivity contribution >= 4 is 17.5 Å². The van der Waals surface area contributed by atoms with Crippen LogP contribution in [0.1, 0.15) is 36.6 Å². The molecule has 0 radical (unpaired) electrons. The molecule has 0 atom stereocenters. The van der Waals surface area contributed by atoms with Crippen LogP contribution in [0.4, 0.5) is 18.9 Å². The van der Waals surface area contributed by atoms with Crippen molar-refractivity contribution in [1.82, 2.24) is 10.3 Å². The van der Waals surface area contributed by atoms with Crippen molar-refractivity contribution in [1.29, 1.82) is 0 Å². The number of carbonyl (C=O) groups is 2. The van der Waals surface area contributed by atoms with E-state index in [1.54, 1.807) is 29.2 Å². The molecule has 0 spiro atoms. The number of alkyl halides is 3. The minimum atomic E-state index is -4.45. The predicted molar refractivity (Wildman–Crippen MR) is 123 cm³/mol. The molecule has 6 nitrogen and oxygen atoms in total. The van der Waals surface area contributed by atoms with Crippen LogP contribution in [0.15, 0.2) is 42.5 Å². The van der Waals surface area contributed by atoms with E-state index in [1.165, 1.54) is 13.0 Å². The summed E-state index contributed by atoms with van der Waals surface area (Å²) in [5.41, 5.74) is 3.87. The third-order valence-electron chi connectivity index (χ3n) is 5.72. The van der Waals surface area contributed by atoms with Crippen LogP contribution in [0.5, 0.6) is 0 Å². The van der Waals surface area contributed by atoms with E-state index in [2.05, 4.69) is 5.43 Å². The fraction of sp³-hybridized carbons (Fsp3) is 0.417. The van der Waals surface area contributed by atoms with Gasteiger partial charge in [-0.05, 0) is 41.7 Å². The Morgan fingerprint density at radius 1 is 0.970 bits per heavy atom. The zero-order valence-corrected chi connectivity index (χ0v) is 17.9. The number of nitrogens with two attached hydrogens (primary N) is 1. The van der Waals surface area contributed by atoms with Crippen molar-refractivity contribution in [3.63, 3.8) is 0 Å². The van der Waals surface area contributed by atoms with Gasteiger partial charge in [-0.25, -0.2) is 5.84 Å². The largest absolute Gasteiger partial charge is 0.416 e. The Labute approximate surface area is 192 Å². The lowest BCUT2D eigenvalue weighted by Crippen LogP contribution is -2.48. The summed E-state index contributed by atoms with van der Waals surface area (Å²) in [6, 6.07) is 11.7. The van der Waals surface area contributed by atoms with E-state index in [0.717, 1.165) is 11.1 Å². The van der Waals surface area contributed by atoms with Crippen LogP contribution >= 0.6 is 0 Å². The average molecular weight is 465 g/mol. The molecule has 3 N–H and O–H groups in total. The number of benzene rings is 2. The Morgan fingerprint density at radius 2 is 1.58 bits per heavy atom. The maximum Gasteiger partial charge on any atom is 0.416 e. The first-order chi connectivity index (χ1) is 15.2. The molecule has 0 saturated carbocycles. The smallest absolute Gasteiger partial charge is 0.368 e. The lowest BCUT2D eigenvalue weighted by molar-refractivity contribution is -0.138. The summed E-state index contributed by atoms with van der Waals surface area (Å²) in [6.07, 6.45) is -3.61. The van der Waals surface area contributed by atoms with Crippen LogP contribution in [0, 0.1) is 0 Å². The average Bonchev–Trinajstić information content (AvgIpc) is 2.78. The van der Waals surface area contributed by atoms with E-state index in [4.69, 9.17) is 5.84 Å². The maximum absolute atomic E-state index is 13.8. The summed E-state index contributed by atoms with van der Waals surface area (Å²) in [5, 5.41) is 0. The summed E-state index contributed by atoms with van der Waals surface area (Å²) in [6.45, 7) is 3.51. The number of anilines is 1. The number of amides is 2. The van der Waals surface area contributed by atoms with Crippen molar-refractivity contribution in [3.8, 4) is 0 Å². The highest BCUT2D eigenvalue weighted by molar-refractivity contribution is 5.77. The van der Waals surface area contributed by atoms with Crippen molar-refractivity contribution in [2.24, 2.45) is 5.84 Å². The third-order valence-corrected chi connectivity index (χ3v) is 5.72. The number of halogens is 3. The van der Waals surface area contributed by atoms with Crippen molar-refractivity contribution < 1.29 is 22.8 Å². The van der Waals surface area contributed by atoms with E-state index in [9.17, 15) is 22.8 Å². The quantitative estimate of drug-likeness (QED) is 0.391. The Balaban J connectivity index is 0.00000385. The molecule has 0 unspecified atom stereocenters. The lowest BCUT2D eigenvalue weighted by Gasteiger charge is -2.36. The first-order valence-corrected chi connectivity index (χ1v) is 10.4. The van der Waals surface area contributed by atoms with Gasteiger partial charge in [0, 0.05) is 38.8 Å². The molecule has 1 aliphatic rings. The monoisotopic (exact) mass is 464 g/mol. The van der Waals surface area contributed by atoms with E-state index >= 15 is 0 Å². The second kappa shape index (κ2) is 11.2. The van der Waals surface area contributed by atoms with Gasteiger partial charge in [0.1, 0.15) is 0 Å². The molecule has 2 aromatic carbocycles. The fourth-order valence-corrected chi connectivity index (χ4v) is 3.86. The van der Waals surface area contributed by atoms with E-state index in [1.807, 2.05) is 17.0 Å². The van der Waals surface area contributed by atoms with Crippen LogP contribution in [-0.2, 0) is 35.0 Å². The van der Waals surface area contributed by atoms with Gasteiger partial charge in [0.2, 0.25) is 11.8 Å².